The number of hydrogen-bond donors (Lipinski definition) is 2. The fraction of sp³-hybridized carbons (Fsp3) is 0.400. The van der Waals surface area contributed by atoms with E-state index in [1.54, 1.807) is 18.3 Å². The Morgan fingerprint density at radius 1 is 1.08 bits per heavy atom. The Balaban J connectivity index is 2.00. The van der Waals surface area contributed by atoms with E-state index in [9.17, 15) is 4.79 Å². The van der Waals surface area contributed by atoms with Crippen molar-refractivity contribution in [3.63, 3.8) is 0 Å². The molecule has 134 valence electrons. The number of nitrogens with zero attached hydrogens (tertiary/aromatic N) is 2. The van der Waals surface area contributed by atoms with E-state index in [1.807, 2.05) is 24.3 Å². The van der Waals surface area contributed by atoms with Gasteiger partial charge in [-0.2, -0.15) is 0 Å². The lowest BCUT2D eigenvalue weighted by molar-refractivity contribution is 0.102. The molecule has 25 heavy (non-hydrogen) atoms. The highest BCUT2D eigenvalue weighted by Gasteiger charge is 2.08. The van der Waals surface area contributed by atoms with Crippen molar-refractivity contribution in [2.75, 3.05) is 35.2 Å². The average molecular weight is 340 g/mol. The van der Waals surface area contributed by atoms with Gasteiger partial charge in [0.25, 0.3) is 5.91 Å². The summed E-state index contributed by atoms with van der Waals surface area (Å²) in [7, 11) is 0. The largest absolute Gasteiger partial charge is 0.372 e. The van der Waals surface area contributed by atoms with Crippen molar-refractivity contribution in [3.05, 3.63) is 48.2 Å². The molecule has 0 aliphatic carbocycles. The van der Waals surface area contributed by atoms with Gasteiger partial charge in [-0.1, -0.05) is 13.3 Å². The van der Waals surface area contributed by atoms with Gasteiger partial charge >= 0.3 is 0 Å². The number of amides is 1. The molecule has 0 saturated carbocycles. The van der Waals surface area contributed by atoms with Crippen LogP contribution in [0.4, 0.5) is 17.2 Å². The van der Waals surface area contributed by atoms with Crippen LogP contribution in [0.15, 0.2) is 42.6 Å². The van der Waals surface area contributed by atoms with Crippen LogP contribution in [-0.4, -0.2) is 30.5 Å². The van der Waals surface area contributed by atoms with E-state index in [4.69, 9.17) is 0 Å². The Kier molecular flexibility index (Phi) is 7.26. The first-order valence-electron chi connectivity index (χ1n) is 9.04. The summed E-state index contributed by atoms with van der Waals surface area (Å²) in [6, 6.07) is 11.5. The van der Waals surface area contributed by atoms with E-state index in [0.717, 1.165) is 49.7 Å². The van der Waals surface area contributed by atoms with Gasteiger partial charge in [0, 0.05) is 42.8 Å². The summed E-state index contributed by atoms with van der Waals surface area (Å²) in [5, 5.41) is 6.18. The first-order chi connectivity index (χ1) is 12.2. The molecule has 0 radical (unpaired) electrons. The molecule has 2 N–H and O–H groups in total. The zero-order chi connectivity index (χ0) is 18.1. The third kappa shape index (κ3) is 5.48. The SMILES string of the molecule is CCCCNc1cc(C(=O)Nc2ccc(N(CC)CC)cc2)ccn1. The molecule has 0 saturated heterocycles. The highest BCUT2D eigenvalue weighted by atomic mass is 16.1. The molecule has 1 amide bonds. The molecule has 0 atom stereocenters. The fourth-order valence-electron chi connectivity index (χ4n) is 2.61. The van der Waals surface area contributed by atoms with Gasteiger partial charge in [0.05, 0.1) is 0 Å². The summed E-state index contributed by atoms with van der Waals surface area (Å²) in [6.45, 7) is 9.20. The van der Waals surface area contributed by atoms with Crippen molar-refractivity contribution < 1.29 is 4.79 Å². The van der Waals surface area contributed by atoms with E-state index >= 15 is 0 Å². The molecule has 0 aliphatic heterocycles. The summed E-state index contributed by atoms with van der Waals surface area (Å²) < 4.78 is 0. The quantitative estimate of drug-likeness (QED) is 0.665. The maximum absolute atomic E-state index is 12.5. The summed E-state index contributed by atoms with van der Waals surface area (Å²) in [6.07, 6.45) is 3.86. The topological polar surface area (TPSA) is 57.3 Å². The van der Waals surface area contributed by atoms with Gasteiger partial charge < -0.3 is 15.5 Å². The summed E-state index contributed by atoms with van der Waals surface area (Å²) >= 11 is 0. The second-order valence-corrected chi connectivity index (χ2v) is 5.88. The average Bonchev–Trinajstić information content (AvgIpc) is 2.64. The molecule has 5 heteroatoms. The van der Waals surface area contributed by atoms with Gasteiger partial charge in [0.2, 0.25) is 0 Å². The smallest absolute Gasteiger partial charge is 0.255 e. The van der Waals surface area contributed by atoms with Crippen LogP contribution in [0.2, 0.25) is 0 Å². The van der Waals surface area contributed by atoms with E-state index in [2.05, 4.69) is 41.3 Å². The summed E-state index contributed by atoms with van der Waals surface area (Å²) in [5.41, 5.74) is 2.55. The maximum Gasteiger partial charge on any atom is 0.255 e. The number of benzene rings is 1. The zero-order valence-corrected chi connectivity index (χ0v) is 15.4. The second kappa shape index (κ2) is 9.67. The van der Waals surface area contributed by atoms with Crippen LogP contribution in [0.5, 0.6) is 0 Å². The number of pyridine rings is 1. The summed E-state index contributed by atoms with van der Waals surface area (Å²) in [5.74, 6) is 0.606. The predicted octanol–water partition coefficient (Wildman–Crippen LogP) is 4.39. The lowest BCUT2D eigenvalue weighted by atomic mass is 10.2. The van der Waals surface area contributed by atoms with E-state index < -0.39 is 0 Å². The second-order valence-electron chi connectivity index (χ2n) is 5.88. The van der Waals surface area contributed by atoms with Crippen LogP contribution in [-0.2, 0) is 0 Å². The maximum atomic E-state index is 12.5. The number of anilines is 3. The Labute approximate surface area is 150 Å². The monoisotopic (exact) mass is 340 g/mol. The van der Waals surface area contributed by atoms with Gasteiger partial charge in [-0.3, -0.25) is 4.79 Å². The first-order valence-corrected chi connectivity index (χ1v) is 9.04. The van der Waals surface area contributed by atoms with E-state index in [-0.39, 0.29) is 5.91 Å². The molecular formula is C20H28N4O. The Morgan fingerprint density at radius 3 is 2.44 bits per heavy atom. The normalized spacial score (nSPS) is 10.4. The number of rotatable bonds is 9. The highest BCUT2D eigenvalue weighted by molar-refractivity contribution is 6.04. The molecule has 5 nitrogen and oxygen atoms in total. The fourth-order valence-corrected chi connectivity index (χ4v) is 2.61. The number of carbonyl (C=O) groups is 1. The van der Waals surface area contributed by atoms with E-state index in [1.165, 1.54) is 0 Å². The number of nitrogens with one attached hydrogen (secondary N) is 2. The molecule has 1 aromatic heterocycles. The Bertz CT molecular complexity index is 666. The number of hydrogen-bond acceptors (Lipinski definition) is 4. The van der Waals surface area contributed by atoms with Gasteiger partial charge in [0.1, 0.15) is 5.82 Å². The van der Waals surface area contributed by atoms with Crippen molar-refractivity contribution in [1.82, 2.24) is 4.98 Å². The number of unbranched alkanes of at least 4 members (excludes halogenated alkanes) is 1. The van der Waals surface area contributed by atoms with Crippen molar-refractivity contribution in [3.8, 4) is 0 Å². The molecule has 0 aliphatic rings. The molecule has 0 unspecified atom stereocenters. The minimum atomic E-state index is -0.128. The molecule has 0 bridgehead atoms. The Hall–Kier alpha value is -2.56. The number of carbonyl (C=O) groups excluding carboxylic acids is 1. The van der Waals surface area contributed by atoms with Gasteiger partial charge in [-0.25, -0.2) is 4.98 Å². The van der Waals surface area contributed by atoms with Gasteiger partial charge in [0.15, 0.2) is 0 Å². The predicted molar refractivity (Wildman–Crippen MR) is 106 cm³/mol. The highest BCUT2D eigenvalue weighted by Crippen LogP contribution is 2.18. The lowest BCUT2D eigenvalue weighted by Crippen LogP contribution is -2.21. The van der Waals surface area contributed by atoms with Crippen LogP contribution in [0.3, 0.4) is 0 Å². The van der Waals surface area contributed by atoms with Crippen LogP contribution >= 0.6 is 0 Å². The molecule has 2 aromatic rings. The van der Waals surface area contributed by atoms with Crippen LogP contribution in [0, 0.1) is 0 Å². The Morgan fingerprint density at radius 2 is 1.80 bits per heavy atom. The minimum Gasteiger partial charge on any atom is -0.372 e. The van der Waals surface area contributed by atoms with Gasteiger partial charge in [-0.05, 0) is 56.7 Å². The molecule has 0 fully saturated rings. The van der Waals surface area contributed by atoms with Crippen LogP contribution in [0.25, 0.3) is 0 Å². The lowest BCUT2D eigenvalue weighted by Gasteiger charge is -2.21. The standard InChI is InChI=1S/C20H28N4O/c1-4-7-13-21-19-15-16(12-14-22-19)20(25)23-17-8-10-18(11-9-17)24(5-2)6-3/h8-12,14-15H,4-7,13H2,1-3H3,(H,21,22)(H,23,25). The van der Waals surface area contributed by atoms with Crippen molar-refractivity contribution in [2.24, 2.45) is 0 Å². The molecule has 1 aromatic carbocycles. The third-order valence-electron chi connectivity index (χ3n) is 4.11. The van der Waals surface area contributed by atoms with E-state index in [0.29, 0.717) is 5.56 Å². The minimum absolute atomic E-state index is 0.128. The van der Waals surface area contributed by atoms with Crippen molar-refractivity contribution >= 4 is 23.1 Å². The first kappa shape index (κ1) is 18.8. The van der Waals surface area contributed by atoms with Crippen LogP contribution < -0.4 is 15.5 Å². The van der Waals surface area contributed by atoms with Crippen molar-refractivity contribution in [1.29, 1.82) is 0 Å². The molecule has 1 heterocycles. The molecular weight excluding hydrogens is 312 g/mol. The zero-order valence-electron chi connectivity index (χ0n) is 15.4. The van der Waals surface area contributed by atoms with Gasteiger partial charge in [-0.15, -0.1) is 0 Å². The summed E-state index contributed by atoms with van der Waals surface area (Å²) in [4.78, 5) is 19.0. The van der Waals surface area contributed by atoms with Crippen LogP contribution in [0.1, 0.15) is 44.0 Å². The molecule has 2 rings (SSSR count). The third-order valence-corrected chi connectivity index (χ3v) is 4.11. The van der Waals surface area contributed by atoms with Crippen molar-refractivity contribution in [2.45, 2.75) is 33.6 Å². The molecule has 0 spiro atoms. The number of aromatic nitrogens is 1.